The molecule has 0 saturated heterocycles. The van der Waals surface area contributed by atoms with Gasteiger partial charge in [-0.1, -0.05) is 41.9 Å². The zero-order chi connectivity index (χ0) is 15.1. The van der Waals surface area contributed by atoms with E-state index in [1.807, 2.05) is 42.5 Å². The van der Waals surface area contributed by atoms with Crippen LogP contribution in [0.15, 0.2) is 59.6 Å². The van der Waals surface area contributed by atoms with Crippen molar-refractivity contribution < 1.29 is 9.13 Å². The first-order valence-corrected chi connectivity index (χ1v) is 7.12. The van der Waals surface area contributed by atoms with Crippen LogP contribution < -0.4 is 0 Å². The Morgan fingerprint density at radius 2 is 1.81 bits per heavy atom. The van der Waals surface area contributed by atoms with Crippen LogP contribution in [0.3, 0.4) is 0 Å². The average molecular weight is 306 g/mol. The second kappa shape index (κ2) is 7.79. The van der Waals surface area contributed by atoms with Gasteiger partial charge >= 0.3 is 0 Å². The molecule has 0 aromatic heterocycles. The molecule has 0 radical (unpaired) electrons. The minimum absolute atomic E-state index is 0.271. The van der Waals surface area contributed by atoms with Crippen LogP contribution in [-0.4, -0.2) is 19.6 Å². The number of alkyl halides is 1. The summed E-state index contributed by atoms with van der Waals surface area (Å²) in [5, 5.41) is 0.644. The number of hydrogen-bond donors (Lipinski definition) is 0. The van der Waals surface area contributed by atoms with E-state index >= 15 is 0 Å². The Morgan fingerprint density at radius 3 is 2.38 bits per heavy atom. The van der Waals surface area contributed by atoms with E-state index in [4.69, 9.17) is 16.3 Å². The van der Waals surface area contributed by atoms with Crippen LogP contribution in [0.1, 0.15) is 23.7 Å². The Labute approximate surface area is 129 Å². The molecule has 110 valence electrons. The molecule has 0 aliphatic heterocycles. The predicted octanol–water partition coefficient (Wildman–Crippen LogP) is 4.83. The number of benzene rings is 2. The molecule has 2 aromatic rings. The van der Waals surface area contributed by atoms with E-state index in [0.717, 1.165) is 11.1 Å². The molecule has 1 unspecified atom stereocenters. The molecule has 4 heteroatoms. The van der Waals surface area contributed by atoms with Gasteiger partial charge in [0.25, 0.3) is 0 Å². The van der Waals surface area contributed by atoms with E-state index < -0.39 is 6.67 Å². The van der Waals surface area contributed by atoms with Crippen LogP contribution in [0.25, 0.3) is 0 Å². The fourth-order valence-corrected chi connectivity index (χ4v) is 2.16. The lowest BCUT2D eigenvalue weighted by Gasteiger charge is -2.19. The Hall–Kier alpha value is -1.87. The molecule has 0 aliphatic carbocycles. The minimum Gasteiger partial charge on any atom is -0.469 e. The van der Waals surface area contributed by atoms with Gasteiger partial charge in [-0.15, -0.1) is 0 Å². The summed E-state index contributed by atoms with van der Waals surface area (Å²) in [6.45, 7) is -0.459. The van der Waals surface area contributed by atoms with E-state index in [9.17, 15) is 4.39 Å². The van der Waals surface area contributed by atoms with Crippen molar-refractivity contribution in [2.75, 3.05) is 13.7 Å². The molecule has 2 rings (SSSR count). The number of ether oxygens (including phenoxy) is 1. The summed E-state index contributed by atoms with van der Waals surface area (Å²) in [6, 6.07) is 16.8. The maximum Gasteiger partial charge on any atom is 0.216 e. The van der Waals surface area contributed by atoms with Gasteiger partial charge in [-0.05, 0) is 29.8 Å². The standard InChI is InChI=1S/C17H17ClFNO/c1-20-17(14-5-3-2-4-6-14)21-16(11-12-19)13-7-9-15(18)10-8-13/h2-10,16H,11-12H2,1H3. The maximum absolute atomic E-state index is 12.8. The molecule has 0 fully saturated rings. The lowest BCUT2D eigenvalue weighted by molar-refractivity contribution is 0.169. The summed E-state index contributed by atoms with van der Waals surface area (Å²) >= 11 is 5.88. The molecular formula is C17H17ClFNO. The number of rotatable bonds is 5. The maximum atomic E-state index is 12.8. The van der Waals surface area contributed by atoms with Crippen molar-refractivity contribution >= 4 is 17.5 Å². The van der Waals surface area contributed by atoms with Crippen molar-refractivity contribution in [3.05, 3.63) is 70.7 Å². The Bertz CT molecular complexity index is 583. The smallest absolute Gasteiger partial charge is 0.216 e. The van der Waals surface area contributed by atoms with E-state index in [1.54, 1.807) is 19.2 Å². The Balaban J connectivity index is 2.21. The molecule has 0 N–H and O–H groups in total. The summed E-state index contributed by atoms with van der Waals surface area (Å²) in [6.07, 6.45) is -0.112. The Kier molecular flexibility index (Phi) is 5.76. The molecule has 2 aromatic carbocycles. The third-order valence-corrected chi connectivity index (χ3v) is 3.34. The van der Waals surface area contributed by atoms with E-state index in [2.05, 4.69) is 4.99 Å². The summed E-state index contributed by atoms with van der Waals surface area (Å²) < 4.78 is 18.7. The van der Waals surface area contributed by atoms with Crippen molar-refractivity contribution in [3.8, 4) is 0 Å². The first kappa shape index (κ1) is 15.5. The van der Waals surface area contributed by atoms with Crippen LogP contribution in [-0.2, 0) is 4.74 Å². The molecule has 0 heterocycles. The lowest BCUT2D eigenvalue weighted by Crippen LogP contribution is -2.13. The van der Waals surface area contributed by atoms with Gasteiger partial charge in [0.2, 0.25) is 5.90 Å². The molecule has 0 saturated carbocycles. The zero-order valence-corrected chi connectivity index (χ0v) is 12.6. The van der Waals surface area contributed by atoms with Gasteiger partial charge in [0.1, 0.15) is 6.10 Å². The largest absolute Gasteiger partial charge is 0.469 e. The van der Waals surface area contributed by atoms with Gasteiger partial charge in [0.15, 0.2) is 0 Å². The lowest BCUT2D eigenvalue weighted by atomic mass is 10.1. The highest BCUT2D eigenvalue weighted by Gasteiger charge is 2.16. The van der Waals surface area contributed by atoms with Gasteiger partial charge in [0.05, 0.1) is 6.67 Å². The van der Waals surface area contributed by atoms with Crippen molar-refractivity contribution in [2.24, 2.45) is 4.99 Å². The predicted molar refractivity (Wildman–Crippen MR) is 84.8 cm³/mol. The SMILES string of the molecule is CN=C(OC(CCF)c1ccc(Cl)cc1)c1ccccc1. The normalized spacial score (nSPS) is 13.0. The van der Waals surface area contributed by atoms with E-state index in [1.165, 1.54) is 0 Å². The van der Waals surface area contributed by atoms with E-state index in [-0.39, 0.29) is 12.5 Å². The van der Waals surface area contributed by atoms with Gasteiger partial charge in [0, 0.05) is 24.1 Å². The molecule has 0 amide bonds. The summed E-state index contributed by atoms with van der Waals surface area (Å²) in [7, 11) is 1.66. The van der Waals surface area contributed by atoms with Crippen molar-refractivity contribution in [1.82, 2.24) is 0 Å². The van der Waals surface area contributed by atoms with Crippen molar-refractivity contribution in [3.63, 3.8) is 0 Å². The number of nitrogens with zero attached hydrogens (tertiary/aromatic N) is 1. The van der Waals surface area contributed by atoms with Gasteiger partial charge in [-0.25, -0.2) is 0 Å². The molecule has 0 bridgehead atoms. The molecule has 1 atom stereocenters. The topological polar surface area (TPSA) is 21.6 Å². The van der Waals surface area contributed by atoms with Crippen LogP contribution in [0.2, 0.25) is 5.02 Å². The second-order valence-electron chi connectivity index (χ2n) is 4.53. The van der Waals surface area contributed by atoms with Crippen LogP contribution in [0.4, 0.5) is 4.39 Å². The van der Waals surface area contributed by atoms with Crippen LogP contribution in [0.5, 0.6) is 0 Å². The van der Waals surface area contributed by atoms with Gasteiger partial charge < -0.3 is 4.74 Å². The highest BCUT2D eigenvalue weighted by atomic mass is 35.5. The highest BCUT2D eigenvalue weighted by Crippen LogP contribution is 2.24. The summed E-state index contributed by atoms with van der Waals surface area (Å²) in [5.41, 5.74) is 1.76. The summed E-state index contributed by atoms with van der Waals surface area (Å²) in [4.78, 5) is 4.17. The first-order valence-electron chi connectivity index (χ1n) is 6.75. The third-order valence-electron chi connectivity index (χ3n) is 3.09. The highest BCUT2D eigenvalue weighted by molar-refractivity contribution is 6.30. The quantitative estimate of drug-likeness (QED) is 0.572. The molecule has 2 nitrogen and oxygen atoms in total. The Morgan fingerprint density at radius 1 is 1.14 bits per heavy atom. The van der Waals surface area contributed by atoms with Crippen LogP contribution >= 0.6 is 11.6 Å². The molecular weight excluding hydrogens is 289 g/mol. The van der Waals surface area contributed by atoms with Crippen molar-refractivity contribution in [1.29, 1.82) is 0 Å². The monoisotopic (exact) mass is 305 g/mol. The number of hydrogen-bond acceptors (Lipinski definition) is 2. The third kappa shape index (κ3) is 4.30. The van der Waals surface area contributed by atoms with Gasteiger partial charge in [-0.2, -0.15) is 0 Å². The average Bonchev–Trinajstić information content (AvgIpc) is 2.53. The molecule has 0 aliphatic rings. The van der Waals surface area contributed by atoms with E-state index in [0.29, 0.717) is 10.9 Å². The van der Waals surface area contributed by atoms with Gasteiger partial charge in [-0.3, -0.25) is 9.38 Å². The summed E-state index contributed by atoms with van der Waals surface area (Å²) in [5.74, 6) is 0.504. The minimum atomic E-state index is -0.459. The second-order valence-corrected chi connectivity index (χ2v) is 4.97. The fraction of sp³-hybridized carbons (Fsp3) is 0.235. The molecule has 21 heavy (non-hydrogen) atoms. The zero-order valence-electron chi connectivity index (χ0n) is 11.8. The fourth-order valence-electron chi connectivity index (χ4n) is 2.04. The first-order chi connectivity index (χ1) is 10.2. The van der Waals surface area contributed by atoms with Crippen LogP contribution in [0, 0.1) is 0 Å². The number of aliphatic imine (C=N–C) groups is 1. The number of halogens is 2. The molecule has 0 spiro atoms. The van der Waals surface area contributed by atoms with Crippen molar-refractivity contribution in [2.45, 2.75) is 12.5 Å².